The zero-order valence-electron chi connectivity index (χ0n) is 16.6. The van der Waals surface area contributed by atoms with Gasteiger partial charge in [0.25, 0.3) is 0 Å². The number of aliphatic imine (C=N–C) groups is 1. The van der Waals surface area contributed by atoms with Crippen molar-refractivity contribution in [2.24, 2.45) is 4.99 Å². The van der Waals surface area contributed by atoms with Crippen LogP contribution in [0.5, 0.6) is 17.2 Å². The normalized spacial score (nSPS) is 14.2. The summed E-state index contributed by atoms with van der Waals surface area (Å²) in [6.07, 6.45) is 1.48. The Kier molecular flexibility index (Phi) is 6.26. The van der Waals surface area contributed by atoms with Crippen LogP contribution in [0, 0.1) is 0 Å². The van der Waals surface area contributed by atoms with E-state index in [1.54, 1.807) is 24.3 Å². The van der Waals surface area contributed by atoms with Gasteiger partial charge in [0.15, 0.2) is 17.2 Å². The van der Waals surface area contributed by atoms with E-state index >= 15 is 0 Å². The summed E-state index contributed by atoms with van der Waals surface area (Å²) in [5.41, 5.74) is 1.12. The Labute approximate surface area is 172 Å². The molecule has 8 nitrogen and oxygen atoms in total. The number of hydrogen-bond donors (Lipinski definition) is 0. The van der Waals surface area contributed by atoms with Crippen LogP contribution in [0.15, 0.2) is 53.2 Å². The van der Waals surface area contributed by atoms with Crippen LogP contribution in [0.25, 0.3) is 6.08 Å². The van der Waals surface area contributed by atoms with Crippen molar-refractivity contribution in [2.75, 3.05) is 6.61 Å². The molecule has 0 saturated carbocycles. The number of nitrogens with zero attached hydrogens (tertiary/aromatic N) is 1. The second-order valence-electron chi connectivity index (χ2n) is 6.16. The van der Waals surface area contributed by atoms with Crippen LogP contribution < -0.4 is 14.2 Å². The van der Waals surface area contributed by atoms with Gasteiger partial charge in [-0.05, 0) is 42.8 Å². The van der Waals surface area contributed by atoms with Crippen molar-refractivity contribution in [1.82, 2.24) is 0 Å². The summed E-state index contributed by atoms with van der Waals surface area (Å²) in [5, 5.41) is 0. The number of cyclic esters (lactones) is 1. The molecule has 1 heterocycles. The zero-order valence-corrected chi connectivity index (χ0v) is 16.6. The lowest BCUT2D eigenvalue weighted by Crippen LogP contribution is -2.08. The molecule has 2 aromatic rings. The molecule has 0 aromatic heterocycles. The number of ether oxygens (including phenoxy) is 4. The molecule has 30 heavy (non-hydrogen) atoms. The van der Waals surface area contributed by atoms with E-state index in [0.717, 1.165) is 0 Å². The first-order chi connectivity index (χ1) is 14.4. The molecule has 0 unspecified atom stereocenters. The number of rotatable bonds is 6. The van der Waals surface area contributed by atoms with Gasteiger partial charge in [-0.1, -0.05) is 18.2 Å². The number of hydrogen-bond acceptors (Lipinski definition) is 8. The molecule has 1 aliphatic heterocycles. The lowest BCUT2D eigenvalue weighted by Gasteiger charge is -2.09. The van der Waals surface area contributed by atoms with Gasteiger partial charge in [0.05, 0.1) is 12.2 Å². The van der Waals surface area contributed by atoms with Crippen LogP contribution in [0.2, 0.25) is 0 Å². The fourth-order valence-electron chi connectivity index (χ4n) is 2.70. The maximum Gasteiger partial charge on any atom is 0.363 e. The first-order valence-corrected chi connectivity index (χ1v) is 9.13. The largest absolute Gasteiger partial charge is 0.493 e. The highest BCUT2D eigenvalue weighted by Gasteiger charge is 2.26. The predicted molar refractivity (Wildman–Crippen MR) is 107 cm³/mol. The van der Waals surface area contributed by atoms with Gasteiger partial charge in [0.2, 0.25) is 5.90 Å². The summed E-state index contributed by atoms with van der Waals surface area (Å²) >= 11 is 0. The van der Waals surface area contributed by atoms with Crippen LogP contribution in [0.1, 0.15) is 31.9 Å². The minimum atomic E-state index is -0.630. The fraction of sp³-hybridized carbons (Fsp3) is 0.182. The summed E-state index contributed by atoms with van der Waals surface area (Å²) in [6, 6.07) is 11.6. The van der Waals surface area contributed by atoms with Crippen molar-refractivity contribution in [1.29, 1.82) is 0 Å². The summed E-state index contributed by atoms with van der Waals surface area (Å²) in [7, 11) is 0. The van der Waals surface area contributed by atoms with E-state index in [1.165, 1.54) is 32.1 Å². The van der Waals surface area contributed by atoms with Crippen LogP contribution in [-0.2, 0) is 19.1 Å². The number of benzene rings is 2. The van der Waals surface area contributed by atoms with Gasteiger partial charge >= 0.3 is 17.9 Å². The van der Waals surface area contributed by atoms with E-state index < -0.39 is 17.9 Å². The summed E-state index contributed by atoms with van der Waals surface area (Å²) in [6.45, 7) is 4.76. The number of esters is 3. The van der Waals surface area contributed by atoms with Gasteiger partial charge < -0.3 is 18.9 Å². The number of carbonyl (C=O) groups is 3. The maximum atomic E-state index is 12.3. The summed E-state index contributed by atoms with van der Waals surface area (Å²) in [5.74, 6) is -0.956. The Morgan fingerprint density at radius 1 is 1.00 bits per heavy atom. The van der Waals surface area contributed by atoms with Crippen LogP contribution in [0.4, 0.5) is 0 Å². The van der Waals surface area contributed by atoms with Gasteiger partial charge in [-0.3, -0.25) is 9.59 Å². The third kappa shape index (κ3) is 4.91. The van der Waals surface area contributed by atoms with Crippen LogP contribution >= 0.6 is 0 Å². The van der Waals surface area contributed by atoms with Gasteiger partial charge in [-0.2, -0.15) is 0 Å². The highest BCUT2D eigenvalue weighted by molar-refractivity contribution is 6.13. The summed E-state index contributed by atoms with van der Waals surface area (Å²) in [4.78, 5) is 39.2. The van der Waals surface area contributed by atoms with Crippen LogP contribution in [0.3, 0.4) is 0 Å². The number of carbonyl (C=O) groups excluding carboxylic acids is 3. The van der Waals surface area contributed by atoms with E-state index in [4.69, 9.17) is 18.9 Å². The van der Waals surface area contributed by atoms with E-state index in [1.807, 2.05) is 13.0 Å². The molecule has 0 radical (unpaired) electrons. The standard InChI is InChI=1S/C22H19NO7/c1-4-27-18-8-6-5-7-16(18)21-23-17(22(26)30-21)11-15-9-10-19(28-13(2)24)20(12-15)29-14(3)25/h5-12H,4H2,1-3H3/b17-11+. The first kappa shape index (κ1) is 20.8. The van der Waals surface area contributed by atoms with Crippen molar-refractivity contribution in [2.45, 2.75) is 20.8 Å². The van der Waals surface area contributed by atoms with E-state index in [2.05, 4.69) is 4.99 Å². The molecular formula is C22H19NO7. The van der Waals surface area contributed by atoms with Crippen molar-refractivity contribution in [3.63, 3.8) is 0 Å². The topological polar surface area (TPSA) is 100 Å². The predicted octanol–water partition coefficient (Wildman–Crippen LogP) is 3.28. The van der Waals surface area contributed by atoms with Crippen molar-refractivity contribution >= 4 is 29.9 Å². The molecule has 0 saturated heterocycles. The average Bonchev–Trinajstić information content (AvgIpc) is 3.04. The Balaban J connectivity index is 1.95. The van der Waals surface area contributed by atoms with Crippen molar-refractivity contribution in [3.05, 3.63) is 59.3 Å². The molecule has 154 valence electrons. The molecule has 1 aliphatic rings. The van der Waals surface area contributed by atoms with Gasteiger partial charge in [-0.25, -0.2) is 9.79 Å². The molecule has 0 bridgehead atoms. The molecule has 0 aliphatic carbocycles. The van der Waals surface area contributed by atoms with Crippen LogP contribution in [-0.4, -0.2) is 30.4 Å². The molecule has 0 spiro atoms. The van der Waals surface area contributed by atoms with Gasteiger partial charge in [0.1, 0.15) is 5.75 Å². The molecule has 3 rings (SSSR count). The molecule has 2 aromatic carbocycles. The van der Waals surface area contributed by atoms with Crippen molar-refractivity contribution in [3.8, 4) is 17.2 Å². The zero-order chi connectivity index (χ0) is 21.7. The smallest absolute Gasteiger partial charge is 0.363 e. The molecule has 0 amide bonds. The minimum Gasteiger partial charge on any atom is -0.493 e. The SMILES string of the molecule is CCOc1ccccc1C1=N/C(=C/c2ccc(OC(C)=O)c(OC(C)=O)c2)C(=O)O1. The van der Waals surface area contributed by atoms with Crippen molar-refractivity contribution < 1.29 is 33.3 Å². The summed E-state index contributed by atoms with van der Waals surface area (Å²) < 4.78 is 21.0. The minimum absolute atomic E-state index is 0.0457. The highest BCUT2D eigenvalue weighted by atomic mass is 16.6. The lowest BCUT2D eigenvalue weighted by atomic mass is 10.1. The van der Waals surface area contributed by atoms with Gasteiger partial charge in [-0.15, -0.1) is 0 Å². The number of para-hydroxylation sites is 1. The third-order valence-electron chi connectivity index (χ3n) is 3.82. The lowest BCUT2D eigenvalue weighted by molar-refractivity contribution is -0.134. The molecule has 0 fully saturated rings. The molecule has 0 N–H and O–H groups in total. The maximum absolute atomic E-state index is 12.3. The molecule has 8 heteroatoms. The van der Waals surface area contributed by atoms with Gasteiger partial charge in [0, 0.05) is 13.8 Å². The van der Waals surface area contributed by atoms with E-state index in [-0.39, 0.29) is 23.1 Å². The Bertz CT molecular complexity index is 1070. The van der Waals surface area contributed by atoms with E-state index in [9.17, 15) is 14.4 Å². The molecular weight excluding hydrogens is 390 g/mol. The van der Waals surface area contributed by atoms with E-state index in [0.29, 0.717) is 23.5 Å². The first-order valence-electron chi connectivity index (χ1n) is 9.13. The Hall–Kier alpha value is -3.94. The third-order valence-corrected chi connectivity index (χ3v) is 3.82. The Morgan fingerprint density at radius 3 is 2.40 bits per heavy atom. The molecule has 0 atom stereocenters. The fourth-order valence-corrected chi connectivity index (χ4v) is 2.70. The monoisotopic (exact) mass is 409 g/mol. The Morgan fingerprint density at radius 2 is 1.70 bits per heavy atom. The highest BCUT2D eigenvalue weighted by Crippen LogP contribution is 2.31. The second kappa shape index (κ2) is 9.04. The second-order valence-corrected chi connectivity index (χ2v) is 6.16. The quantitative estimate of drug-likeness (QED) is 0.410. The average molecular weight is 409 g/mol.